The molecule has 1 saturated heterocycles. The van der Waals surface area contributed by atoms with E-state index in [-0.39, 0.29) is 5.91 Å². The first-order chi connectivity index (χ1) is 7.33. The van der Waals surface area contributed by atoms with Gasteiger partial charge in [-0.2, -0.15) is 0 Å². The second-order valence-electron chi connectivity index (χ2n) is 4.03. The van der Waals surface area contributed by atoms with Crippen LogP contribution in [0.1, 0.15) is 43.2 Å². The lowest BCUT2D eigenvalue weighted by molar-refractivity contribution is 0.0575. The van der Waals surface area contributed by atoms with Crippen molar-refractivity contribution in [2.75, 3.05) is 6.54 Å². The topological polar surface area (TPSA) is 33.5 Å². The van der Waals surface area contributed by atoms with Gasteiger partial charge in [-0.15, -0.1) is 0 Å². The Morgan fingerprint density at radius 1 is 1.60 bits per heavy atom. The third-order valence-electron chi connectivity index (χ3n) is 3.09. The van der Waals surface area contributed by atoms with Gasteiger partial charge in [0.1, 0.15) is 0 Å². The minimum Gasteiger partial charge on any atom is -0.459 e. The number of likely N-dealkylation sites (tertiary alicyclic amines) is 1. The van der Waals surface area contributed by atoms with E-state index in [0.717, 1.165) is 25.8 Å². The highest BCUT2D eigenvalue weighted by molar-refractivity contribution is 5.91. The van der Waals surface area contributed by atoms with Crippen molar-refractivity contribution in [3.05, 3.63) is 24.2 Å². The molecule has 1 aliphatic rings. The van der Waals surface area contributed by atoms with Gasteiger partial charge < -0.3 is 9.32 Å². The molecule has 2 heterocycles. The Morgan fingerprint density at radius 3 is 3.13 bits per heavy atom. The quantitative estimate of drug-likeness (QED) is 0.747. The lowest BCUT2D eigenvalue weighted by Gasteiger charge is -2.34. The minimum absolute atomic E-state index is 0.0477. The zero-order valence-corrected chi connectivity index (χ0v) is 9.11. The number of piperidine rings is 1. The summed E-state index contributed by atoms with van der Waals surface area (Å²) in [7, 11) is 0. The van der Waals surface area contributed by atoms with Gasteiger partial charge in [-0.05, 0) is 37.8 Å². The van der Waals surface area contributed by atoms with Crippen LogP contribution in [0.4, 0.5) is 0 Å². The van der Waals surface area contributed by atoms with Crippen LogP contribution in [0, 0.1) is 0 Å². The normalized spacial score (nSPS) is 21.7. The average molecular weight is 207 g/mol. The van der Waals surface area contributed by atoms with E-state index in [4.69, 9.17) is 4.42 Å². The molecule has 0 saturated carbocycles. The number of carbonyl (C=O) groups is 1. The van der Waals surface area contributed by atoms with Crippen molar-refractivity contribution in [2.24, 2.45) is 0 Å². The number of hydrogen-bond acceptors (Lipinski definition) is 2. The van der Waals surface area contributed by atoms with Crippen LogP contribution in [0.25, 0.3) is 0 Å². The summed E-state index contributed by atoms with van der Waals surface area (Å²) in [6, 6.07) is 3.90. The molecule has 0 spiro atoms. The molecule has 15 heavy (non-hydrogen) atoms. The maximum Gasteiger partial charge on any atom is 0.289 e. The number of amides is 1. The fraction of sp³-hybridized carbons (Fsp3) is 0.583. The van der Waals surface area contributed by atoms with Crippen molar-refractivity contribution >= 4 is 5.91 Å². The summed E-state index contributed by atoms with van der Waals surface area (Å²) in [6.45, 7) is 3.01. The fourth-order valence-electron chi connectivity index (χ4n) is 2.23. The highest BCUT2D eigenvalue weighted by atomic mass is 16.3. The maximum atomic E-state index is 12.1. The van der Waals surface area contributed by atoms with E-state index in [1.54, 1.807) is 18.4 Å². The van der Waals surface area contributed by atoms with Crippen molar-refractivity contribution in [1.29, 1.82) is 0 Å². The standard InChI is InChI=1S/C12H17NO2/c1-2-10-6-3-4-8-13(10)12(14)11-7-5-9-15-11/h5,7,9-10H,2-4,6,8H2,1H3. The molecule has 3 nitrogen and oxygen atoms in total. The molecule has 82 valence electrons. The van der Waals surface area contributed by atoms with Crippen LogP contribution in [-0.4, -0.2) is 23.4 Å². The van der Waals surface area contributed by atoms with Crippen LogP contribution in [-0.2, 0) is 0 Å². The first kappa shape index (κ1) is 10.3. The van der Waals surface area contributed by atoms with Crippen LogP contribution < -0.4 is 0 Å². The molecule has 1 amide bonds. The first-order valence-corrected chi connectivity index (χ1v) is 5.67. The van der Waals surface area contributed by atoms with Gasteiger partial charge in [0.15, 0.2) is 5.76 Å². The summed E-state index contributed by atoms with van der Waals surface area (Å²) in [5.41, 5.74) is 0. The molecule has 1 aromatic heterocycles. The van der Waals surface area contributed by atoms with Crippen molar-refractivity contribution in [1.82, 2.24) is 4.90 Å². The summed E-state index contributed by atoms with van der Waals surface area (Å²) >= 11 is 0. The second-order valence-corrected chi connectivity index (χ2v) is 4.03. The molecule has 0 aliphatic carbocycles. The van der Waals surface area contributed by atoms with E-state index < -0.39 is 0 Å². The highest BCUT2D eigenvalue weighted by Crippen LogP contribution is 2.21. The molecule has 1 aromatic rings. The monoisotopic (exact) mass is 207 g/mol. The first-order valence-electron chi connectivity index (χ1n) is 5.67. The molecule has 1 atom stereocenters. The van der Waals surface area contributed by atoms with Crippen LogP contribution in [0.2, 0.25) is 0 Å². The maximum absolute atomic E-state index is 12.1. The SMILES string of the molecule is CCC1CCCCN1C(=O)c1ccco1. The van der Waals surface area contributed by atoms with E-state index in [9.17, 15) is 4.79 Å². The van der Waals surface area contributed by atoms with Crippen LogP contribution >= 0.6 is 0 Å². The Labute approximate surface area is 90.1 Å². The van der Waals surface area contributed by atoms with Crippen molar-refractivity contribution in [2.45, 2.75) is 38.6 Å². The van der Waals surface area contributed by atoms with Gasteiger partial charge in [-0.25, -0.2) is 0 Å². The van der Waals surface area contributed by atoms with E-state index in [0.29, 0.717) is 11.8 Å². The zero-order valence-electron chi connectivity index (χ0n) is 9.11. The van der Waals surface area contributed by atoms with Gasteiger partial charge in [0.2, 0.25) is 0 Å². The van der Waals surface area contributed by atoms with Crippen molar-refractivity contribution in [3.8, 4) is 0 Å². The summed E-state index contributed by atoms with van der Waals surface area (Å²) in [4.78, 5) is 14.0. The predicted molar refractivity (Wildman–Crippen MR) is 57.7 cm³/mol. The molecule has 1 aliphatic heterocycles. The van der Waals surface area contributed by atoms with Gasteiger partial charge in [0, 0.05) is 12.6 Å². The number of nitrogens with zero attached hydrogens (tertiary/aromatic N) is 1. The van der Waals surface area contributed by atoms with Crippen molar-refractivity contribution < 1.29 is 9.21 Å². The molecular weight excluding hydrogens is 190 g/mol. The summed E-state index contributed by atoms with van der Waals surface area (Å²) < 4.78 is 5.15. The van der Waals surface area contributed by atoms with Gasteiger partial charge in [0.05, 0.1) is 6.26 Å². The molecule has 1 fully saturated rings. The number of carbonyl (C=O) groups excluding carboxylic acids is 1. The molecule has 0 radical (unpaired) electrons. The van der Waals surface area contributed by atoms with Gasteiger partial charge >= 0.3 is 0 Å². The van der Waals surface area contributed by atoms with E-state index in [2.05, 4.69) is 6.92 Å². The second kappa shape index (κ2) is 4.51. The van der Waals surface area contributed by atoms with Crippen LogP contribution in [0.5, 0.6) is 0 Å². The number of rotatable bonds is 2. The zero-order chi connectivity index (χ0) is 10.7. The summed E-state index contributed by atoms with van der Waals surface area (Å²) in [6.07, 6.45) is 6.07. The van der Waals surface area contributed by atoms with Crippen molar-refractivity contribution in [3.63, 3.8) is 0 Å². The Kier molecular flexibility index (Phi) is 3.09. The highest BCUT2D eigenvalue weighted by Gasteiger charge is 2.27. The largest absolute Gasteiger partial charge is 0.459 e. The van der Waals surface area contributed by atoms with Gasteiger partial charge in [-0.3, -0.25) is 4.79 Å². The molecule has 0 bridgehead atoms. The summed E-state index contributed by atoms with van der Waals surface area (Å²) in [5.74, 6) is 0.516. The molecule has 3 heteroatoms. The average Bonchev–Trinajstić information content (AvgIpc) is 2.81. The third kappa shape index (κ3) is 2.06. The van der Waals surface area contributed by atoms with Gasteiger partial charge in [0.25, 0.3) is 5.91 Å². The van der Waals surface area contributed by atoms with E-state index >= 15 is 0 Å². The number of hydrogen-bond donors (Lipinski definition) is 0. The van der Waals surface area contributed by atoms with Crippen LogP contribution in [0.15, 0.2) is 22.8 Å². The molecular formula is C12H17NO2. The molecule has 0 aromatic carbocycles. The lowest BCUT2D eigenvalue weighted by atomic mass is 10.00. The minimum atomic E-state index is 0.0477. The Bertz CT molecular complexity index is 318. The third-order valence-corrected chi connectivity index (χ3v) is 3.09. The molecule has 2 rings (SSSR count). The Morgan fingerprint density at radius 2 is 2.47 bits per heavy atom. The molecule has 0 N–H and O–H groups in total. The molecule has 1 unspecified atom stereocenters. The lowest BCUT2D eigenvalue weighted by Crippen LogP contribution is -2.43. The number of furan rings is 1. The Hall–Kier alpha value is -1.25. The van der Waals surface area contributed by atoms with Gasteiger partial charge in [-0.1, -0.05) is 6.92 Å². The van der Waals surface area contributed by atoms with E-state index in [1.165, 1.54) is 6.42 Å². The van der Waals surface area contributed by atoms with Crippen LogP contribution in [0.3, 0.4) is 0 Å². The fourth-order valence-corrected chi connectivity index (χ4v) is 2.23. The van der Waals surface area contributed by atoms with E-state index in [1.807, 2.05) is 4.90 Å². The Balaban J connectivity index is 2.11. The smallest absolute Gasteiger partial charge is 0.289 e. The summed E-state index contributed by atoms with van der Waals surface area (Å²) in [5, 5.41) is 0. The predicted octanol–water partition coefficient (Wildman–Crippen LogP) is 2.68.